The molecule has 1 aliphatic rings. The Hall–Kier alpha value is -1.77. The van der Waals surface area contributed by atoms with Crippen LogP contribution in [0.1, 0.15) is 27.2 Å². The molecular formula is C18H28N2O5Si. The predicted molar refractivity (Wildman–Crippen MR) is 103 cm³/mol. The van der Waals surface area contributed by atoms with Gasteiger partial charge in [-0.25, -0.2) is 0 Å². The minimum atomic E-state index is -1.85. The number of ether oxygens (including phenoxy) is 1. The molecule has 0 spiro atoms. The first-order valence-corrected chi connectivity index (χ1v) is 11.8. The first-order valence-electron chi connectivity index (χ1n) is 8.84. The van der Waals surface area contributed by atoms with Crippen molar-refractivity contribution in [2.45, 2.75) is 51.4 Å². The number of hydrogen-bond acceptors (Lipinski definition) is 5. The molecule has 144 valence electrons. The number of nitro benzene ring substituents is 1. The van der Waals surface area contributed by atoms with Crippen LogP contribution in [0.25, 0.3) is 0 Å². The van der Waals surface area contributed by atoms with Gasteiger partial charge in [0.1, 0.15) is 6.10 Å². The van der Waals surface area contributed by atoms with Gasteiger partial charge in [-0.1, -0.05) is 20.8 Å². The lowest BCUT2D eigenvalue weighted by Gasteiger charge is -2.37. The molecule has 1 amide bonds. The Morgan fingerprint density at radius 1 is 1.31 bits per heavy atom. The van der Waals surface area contributed by atoms with Gasteiger partial charge in [-0.15, -0.1) is 0 Å². The largest absolute Gasteiger partial charge is 0.417 e. The third kappa shape index (κ3) is 4.69. The molecule has 1 aliphatic heterocycles. The molecule has 0 bridgehead atoms. The van der Waals surface area contributed by atoms with Crippen LogP contribution >= 0.6 is 0 Å². The van der Waals surface area contributed by atoms with E-state index in [9.17, 15) is 14.9 Å². The van der Waals surface area contributed by atoms with Crippen molar-refractivity contribution in [3.05, 3.63) is 34.4 Å². The highest BCUT2D eigenvalue weighted by atomic mass is 28.4. The number of morpholine rings is 1. The molecule has 2 rings (SSSR count). The van der Waals surface area contributed by atoms with Crippen molar-refractivity contribution in [2.24, 2.45) is 0 Å². The zero-order valence-electron chi connectivity index (χ0n) is 16.2. The number of non-ortho nitro benzene ring substituents is 1. The van der Waals surface area contributed by atoms with Crippen LogP contribution in [0.3, 0.4) is 0 Å². The molecule has 0 saturated carbocycles. The van der Waals surface area contributed by atoms with Crippen LogP contribution in [0.4, 0.5) is 11.4 Å². The Kier molecular flexibility index (Phi) is 6.20. The maximum Gasteiger partial charge on any atom is 0.269 e. The van der Waals surface area contributed by atoms with E-state index in [0.29, 0.717) is 31.9 Å². The van der Waals surface area contributed by atoms with Gasteiger partial charge in [0.25, 0.3) is 11.6 Å². The van der Waals surface area contributed by atoms with E-state index in [4.69, 9.17) is 9.16 Å². The Morgan fingerprint density at radius 3 is 2.46 bits per heavy atom. The highest BCUT2D eigenvalue weighted by Crippen LogP contribution is 2.36. The predicted octanol–water partition coefficient (Wildman–Crippen LogP) is 3.74. The fourth-order valence-corrected chi connectivity index (χ4v) is 3.56. The number of nitro groups is 1. The Bertz CT molecular complexity index is 655. The van der Waals surface area contributed by atoms with E-state index in [0.717, 1.165) is 0 Å². The van der Waals surface area contributed by atoms with Crippen molar-refractivity contribution in [3.63, 3.8) is 0 Å². The number of nitrogens with zero attached hydrogens (tertiary/aromatic N) is 2. The smallest absolute Gasteiger partial charge is 0.269 e. The van der Waals surface area contributed by atoms with Gasteiger partial charge in [0.05, 0.1) is 11.5 Å². The molecule has 1 saturated heterocycles. The van der Waals surface area contributed by atoms with Crippen molar-refractivity contribution in [3.8, 4) is 0 Å². The summed E-state index contributed by atoms with van der Waals surface area (Å²) >= 11 is 0. The second-order valence-corrected chi connectivity index (χ2v) is 12.8. The number of hydrogen-bond donors (Lipinski definition) is 0. The van der Waals surface area contributed by atoms with Crippen LogP contribution in [0.2, 0.25) is 18.1 Å². The molecule has 1 aromatic carbocycles. The Morgan fingerprint density at radius 2 is 1.92 bits per heavy atom. The highest BCUT2D eigenvalue weighted by molar-refractivity contribution is 6.74. The van der Waals surface area contributed by atoms with E-state index in [1.807, 2.05) is 0 Å². The van der Waals surface area contributed by atoms with Gasteiger partial charge in [-0.2, -0.15) is 0 Å². The molecule has 1 heterocycles. The third-order valence-electron chi connectivity index (χ3n) is 5.20. The van der Waals surface area contributed by atoms with Gasteiger partial charge in [-0.3, -0.25) is 14.9 Å². The highest BCUT2D eigenvalue weighted by Gasteiger charge is 2.38. The second kappa shape index (κ2) is 7.85. The quantitative estimate of drug-likeness (QED) is 0.426. The fraction of sp³-hybridized carbons (Fsp3) is 0.611. The summed E-state index contributed by atoms with van der Waals surface area (Å²) in [5, 5.41) is 10.9. The molecule has 0 N–H and O–H groups in total. The average Bonchev–Trinajstić information content (AvgIpc) is 2.55. The summed E-state index contributed by atoms with van der Waals surface area (Å²) in [7, 11) is -1.85. The van der Waals surface area contributed by atoms with Crippen molar-refractivity contribution < 1.29 is 18.9 Å². The number of carbonyl (C=O) groups excluding carboxylic acids is 1. The summed E-state index contributed by atoms with van der Waals surface area (Å²) in [6, 6.07) is 6.02. The standard InChI is InChI=1S/C18H28N2O5Si/c1-18(2,3)26(4,5)25-12-10-16-17(21)19(11-13-24-16)14-6-8-15(9-7-14)20(22)23/h6-9,16H,10-13H2,1-5H3. The summed E-state index contributed by atoms with van der Waals surface area (Å²) in [5.41, 5.74) is 0.660. The van der Waals surface area contributed by atoms with Gasteiger partial charge >= 0.3 is 0 Å². The van der Waals surface area contributed by atoms with Gasteiger partial charge < -0.3 is 14.1 Å². The third-order valence-corrected chi connectivity index (χ3v) is 9.73. The van der Waals surface area contributed by atoms with Gasteiger partial charge in [0.15, 0.2) is 8.32 Å². The first kappa shape index (κ1) is 20.5. The van der Waals surface area contributed by atoms with E-state index in [-0.39, 0.29) is 16.6 Å². The maximum absolute atomic E-state index is 12.7. The lowest BCUT2D eigenvalue weighted by molar-refractivity contribution is -0.384. The minimum Gasteiger partial charge on any atom is -0.417 e. The lowest BCUT2D eigenvalue weighted by Crippen LogP contribution is -2.49. The topological polar surface area (TPSA) is 81.9 Å². The molecule has 1 unspecified atom stereocenters. The maximum atomic E-state index is 12.7. The molecule has 7 nitrogen and oxygen atoms in total. The lowest BCUT2D eigenvalue weighted by atomic mass is 10.1. The summed E-state index contributed by atoms with van der Waals surface area (Å²) in [6.45, 7) is 12.3. The van der Waals surface area contributed by atoms with Crippen molar-refractivity contribution in [2.75, 3.05) is 24.7 Å². The number of carbonyl (C=O) groups is 1. The van der Waals surface area contributed by atoms with E-state index < -0.39 is 19.3 Å². The number of amides is 1. The molecule has 1 fully saturated rings. The van der Waals surface area contributed by atoms with E-state index in [1.54, 1.807) is 17.0 Å². The van der Waals surface area contributed by atoms with E-state index >= 15 is 0 Å². The fourth-order valence-electron chi connectivity index (χ4n) is 2.50. The van der Waals surface area contributed by atoms with Crippen LogP contribution < -0.4 is 4.90 Å². The summed E-state index contributed by atoms with van der Waals surface area (Å²) < 4.78 is 11.8. The average molecular weight is 381 g/mol. The minimum absolute atomic E-state index is 0.00813. The number of anilines is 1. The molecule has 26 heavy (non-hydrogen) atoms. The zero-order chi connectivity index (χ0) is 19.5. The summed E-state index contributed by atoms with van der Waals surface area (Å²) in [4.78, 5) is 24.7. The summed E-state index contributed by atoms with van der Waals surface area (Å²) in [6.07, 6.45) is -0.0295. The molecule has 1 atom stereocenters. The van der Waals surface area contributed by atoms with Crippen LogP contribution in [-0.4, -0.2) is 45.0 Å². The first-order chi connectivity index (χ1) is 12.0. The van der Waals surface area contributed by atoms with E-state index in [1.165, 1.54) is 12.1 Å². The molecule has 0 radical (unpaired) electrons. The van der Waals surface area contributed by atoms with Crippen molar-refractivity contribution >= 4 is 25.6 Å². The van der Waals surface area contributed by atoms with Gasteiger partial charge in [0, 0.05) is 37.4 Å². The molecule has 8 heteroatoms. The van der Waals surface area contributed by atoms with Gasteiger partial charge in [0.2, 0.25) is 0 Å². The number of rotatable bonds is 6. The monoisotopic (exact) mass is 380 g/mol. The molecule has 1 aromatic rings. The molecular weight excluding hydrogens is 352 g/mol. The Balaban J connectivity index is 1.98. The van der Waals surface area contributed by atoms with Crippen LogP contribution in [-0.2, 0) is 14.0 Å². The van der Waals surface area contributed by atoms with Crippen LogP contribution in [0.5, 0.6) is 0 Å². The Labute approximate surface area is 155 Å². The van der Waals surface area contributed by atoms with E-state index in [2.05, 4.69) is 33.9 Å². The number of benzene rings is 1. The zero-order valence-corrected chi connectivity index (χ0v) is 17.2. The molecule has 0 aromatic heterocycles. The van der Waals surface area contributed by atoms with Gasteiger partial charge in [-0.05, 0) is 30.3 Å². The normalized spacial score (nSPS) is 18.9. The molecule has 0 aliphatic carbocycles. The summed E-state index contributed by atoms with van der Waals surface area (Å²) in [5.74, 6) is -0.121. The second-order valence-electron chi connectivity index (χ2n) is 8.02. The van der Waals surface area contributed by atoms with Crippen LogP contribution in [0.15, 0.2) is 24.3 Å². The van der Waals surface area contributed by atoms with Crippen molar-refractivity contribution in [1.29, 1.82) is 0 Å². The van der Waals surface area contributed by atoms with Crippen molar-refractivity contribution in [1.82, 2.24) is 0 Å². The van der Waals surface area contributed by atoms with Crippen LogP contribution in [0, 0.1) is 10.1 Å². The SMILES string of the molecule is CC(C)(C)[Si](C)(C)OCCC1OCCN(c2ccc([N+](=O)[O-])cc2)C1=O.